The molecule has 0 aliphatic rings. The van der Waals surface area contributed by atoms with Gasteiger partial charge in [0.2, 0.25) is 0 Å². The maximum atomic E-state index is 11.6. The molecule has 2 amide bonds. The van der Waals surface area contributed by atoms with Crippen molar-refractivity contribution < 1.29 is 9.53 Å². The molecule has 0 fully saturated rings. The minimum atomic E-state index is -0.247. The first kappa shape index (κ1) is 16.6. The molecule has 1 aromatic heterocycles. The van der Waals surface area contributed by atoms with Crippen LogP contribution in [0.5, 0.6) is 5.75 Å². The number of aryl methyl sites for hydroxylation is 1. The van der Waals surface area contributed by atoms with Crippen LogP contribution in [0, 0.1) is 6.92 Å². The molecule has 0 bridgehead atoms. The summed E-state index contributed by atoms with van der Waals surface area (Å²) in [5, 5.41) is 8.70. The molecule has 0 aliphatic heterocycles. The van der Waals surface area contributed by atoms with E-state index < -0.39 is 0 Å². The molecule has 2 rings (SSSR count). The molecule has 0 atom stereocenters. The molecule has 0 radical (unpaired) electrons. The number of hydrogen-bond donors (Lipinski definition) is 3. The summed E-state index contributed by atoms with van der Waals surface area (Å²) in [5.74, 6) is 1.42. The number of amides is 2. The monoisotopic (exact) mass is 314 g/mol. The summed E-state index contributed by atoms with van der Waals surface area (Å²) in [5.41, 5.74) is 2.60. The van der Waals surface area contributed by atoms with Crippen molar-refractivity contribution in [1.82, 2.24) is 10.3 Å². The smallest absolute Gasteiger partial charge is 0.319 e. The van der Waals surface area contributed by atoms with Gasteiger partial charge >= 0.3 is 6.03 Å². The third-order valence-corrected chi connectivity index (χ3v) is 3.06. The Morgan fingerprint density at radius 2 is 2.00 bits per heavy atom. The average Bonchev–Trinajstić information content (AvgIpc) is 2.48. The molecule has 0 spiro atoms. The highest BCUT2D eigenvalue weighted by Crippen LogP contribution is 2.28. The highest BCUT2D eigenvalue weighted by molar-refractivity contribution is 5.89. The SMILES string of the molecule is COc1ccc(C)cc1Nc1ccc(NC(=O)NC(C)C)cn1. The molecule has 0 unspecified atom stereocenters. The fourth-order valence-electron chi connectivity index (χ4n) is 2.03. The normalized spacial score (nSPS) is 10.3. The van der Waals surface area contributed by atoms with Crippen molar-refractivity contribution in [3.05, 3.63) is 42.1 Å². The van der Waals surface area contributed by atoms with E-state index in [-0.39, 0.29) is 12.1 Å². The number of benzene rings is 1. The van der Waals surface area contributed by atoms with Crippen LogP contribution in [0.15, 0.2) is 36.5 Å². The number of hydrogen-bond acceptors (Lipinski definition) is 4. The number of nitrogens with zero attached hydrogens (tertiary/aromatic N) is 1. The van der Waals surface area contributed by atoms with Gasteiger partial charge in [0.05, 0.1) is 24.7 Å². The Balaban J connectivity index is 2.06. The zero-order chi connectivity index (χ0) is 16.8. The van der Waals surface area contributed by atoms with Crippen molar-refractivity contribution in [2.75, 3.05) is 17.7 Å². The topological polar surface area (TPSA) is 75.3 Å². The van der Waals surface area contributed by atoms with Gasteiger partial charge in [-0.2, -0.15) is 0 Å². The molecule has 3 N–H and O–H groups in total. The van der Waals surface area contributed by atoms with Crippen LogP contribution >= 0.6 is 0 Å². The Morgan fingerprint density at radius 3 is 2.61 bits per heavy atom. The number of ether oxygens (including phenoxy) is 1. The molecule has 6 heteroatoms. The Labute approximate surface area is 136 Å². The molecular formula is C17H22N4O2. The lowest BCUT2D eigenvalue weighted by atomic mass is 10.2. The van der Waals surface area contributed by atoms with Crippen LogP contribution < -0.4 is 20.7 Å². The van der Waals surface area contributed by atoms with E-state index >= 15 is 0 Å². The summed E-state index contributed by atoms with van der Waals surface area (Å²) in [6.45, 7) is 5.82. The average molecular weight is 314 g/mol. The largest absolute Gasteiger partial charge is 0.495 e. The predicted octanol–water partition coefficient (Wildman–Crippen LogP) is 3.67. The Hall–Kier alpha value is -2.76. The molecule has 6 nitrogen and oxygen atoms in total. The molecule has 1 aromatic carbocycles. The molecule has 1 heterocycles. The molecular weight excluding hydrogens is 292 g/mol. The fraction of sp³-hybridized carbons (Fsp3) is 0.294. The van der Waals surface area contributed by atoms with E-state index in [1.165, 1.54) is 0 Å². The van der Waals surface area contributed by atoms with E-state index in [0.29, 0.717) is 11.5 Å². The van der Waals surface area contributed by atoms with Crippen LogP contribution in [0.25, 0.3) is 0 Å². The summed E-state index contributed by atoms with van der Waals surface area (Å²) >= 11 is 0. The molecule has 0 aliphatic carbocycles. The maximum Gasteiger partial charge on any atom is 0.319 e. The van der Waals surface area contributed by atoms with E-state index in [1.54, 1.807) is 25.4 Å². The van der Waals surface area contributed by atoms with Crippen LogP contribution in [0.3, 0.4) is 0 Å². The van der Waals surface area contributed by atoms with Crippen LogP contribution in [0.4, 0.5) is 22.0 Å². The van der Waals surface area contributed by atoms with Gasteiger partial charge in [0.15, 0.2) is 0 Å². The number of aromatic nitrogens is 1. The van der Waals surface area contributed by atoms with Crippen molar-refractivity contribution in [1.29, 1.82) is 0 Å². The minimum absolute atomic E-state index is 0.0812. The standard InChI is InChI=1S/C17H22N4O2/c1-11(2)19-17(22)20-13-6-8-16(18-10-13)21-14-9-12(3)5-7-15(14)23-4/h5-11H,1-4H3,(H,18,21)(H2,19,20,22). The molecule has 0 saturated heterocycles. The molecule has 0 saturated carbocycles. The maximum absolute atomic E-state index is 11.6. The second-order valence-electron chi connectivity index (χ2n) is 5.51. The van der Waals surface area contributed by atoms with E-state index in [4.69, 9.17) is 4.74 Å². The van der Waals surface area contributed by atoms with Crippen LogP contribution in [0.1, 0.15) is 19.4 Å². The van der Waals surface area contributed by atoms with E-state index in [0.717, 1.165) is 17.0 Å². The zero-order valence-electron chi connectivity index (χ0n) is 13.8. The summed E-state index contributed by atoms with van der Waals surface area (Å²) in [6.07, 6.45) is 1.60. The molecule has 2 aromatic rings. The summed E-state index contributed by atoms with van der Waals surface area (Å²) < 4.78 is 5.33. The Kier molecular flexibility index (Phi) is 5.41. The number of anilines is 3. The number of rotatable bonds is 5. The van der Waals surface area contributed by atoms with Crippen molar-refractivity contribution >= 4 is 23.2 Å². The van der Waals surface area contributed by atoms with Gasteiger partial charge in [-0.15, -0.1) is 0 Å². The number of carbonyl (C=O) groups is 1. The fourth-order valence-corrected chi connectivity index (χ4v) is 2.03. The highest BCUT2D eigenvalue weighted by atomic mass is 16.5. The van der Waals surface area contributed by atoms with Crippen molar-refractivity contribution in [2.24, 2.45) is 0 Å². The lowest BCUT2D eigenvalue weighted by molar-refractivity contribution is 0.250. The number of carbonyl (C=O) groups excluding carboxylic acids is 1. The van der Waals surface area contributed by atoms with Gasteiger partial charge < -0.3 is 20.7 Å². The number of nitrogens with one attached hydrogen (secondary N) is 3. The summed E-state index contributed by atoms with van der Waals surface area (Å²) in [6, 6.07) is 9.30. The lowest BCUT2D eigenvalue weighted by Gasteiger charge is -2.12. The van der Waals surface area contributed by atoms with Gasteiger partial charge in [0.1, 0.15) is 11.6 Å². The van der Waals surface area contributed by atoms with Gasteiger partial charge in [0.25, 0.3) is 0 Å². The predicted molar refractivity (Wildman–Crippen MR) is 92.5 cm³/mol. The molecule has 122 valence electrons. The number of methoxy groups -OCH3 is 1. The van der Waals surface area contributed by atoms with Gasteiger partial charge in [-0.1, -0.05) is 6.07 Å². The third kappa shape index (κ3) is 4.88. The van der Waals surface area contributed by atoms with Crippen molar-refractivity contribution in [3.8, 4) is 5.75 Å². The van der Waals surface area contributed by atoms with E-state index in [2.05, 4.69) is 20.9 Å². The second kappa shape index (κ2) is 7.49. The van der Waals surface area contributed by atoms with Crippen LogP contribution in [-0.4, -0.2) is 24.2 Å². The number of pyridine rings is 1. The van der Waals surface area contributed by atoms with Gasteiger partial charge in [0, 0.05) is 6.04 Å². The van der Waals surface area contributed by atoms with Gasteiger partial charge in [-0.3, -0.25) is 0 Å². The first-order chi connectivity index (χ1) is 11.0. The number of urea groups is 1. The van der Waals surface area contributed by atoms with Crippen molar-refractivity contribution in [3.63, 3.8) is 0 Å². The lowest BCUT2D eigenvalue weighted by Crippen LogP contribution is -2.34. The van der Waals surface area contributed by atoms with E-state index in [9.17, 15) is 4.79 Å². The third-order valence-electron chi connectivity index (χ3n) is 3.06. The highest BCUT2D eigenvalue weighted by Gasteiger charge is 2.06. The summed E-state index contributed by atoms with van der Waals surface area (Å²) in [7, 11) is 1.63. The first-order valence-corrected chi connectivity index (χ1v) is 7.43. The van der Waals surface area contributed by atoms with Crippen molar-refractivity contribution in [2.45, 2.75) is 26.8 Å². The van der Waals surface area contributed by atoms with Gasteiger partial charge in [-0.25, -0.2) is 9.78 Å². The zero-order valence-corrected chi connectivity index (χ0v) is 13.8. The van der Waals surface area contributed by atoms with E-state index in [1.807, 2.05) is 39.0 Å². The summed E-state index contributed by atoms with van der Waals surface area (Å²) in [4.78, 5) is 15.9. The quantitative estimate of drug-likeness (QED) is 0.787. The van der Waals surface area contributed by atoms with Crippen LogP contribution in [0.2, 0.25) is 0 Å². The van der Waals surface area contributed by atoms with Gasteiger partial charge in [-0.05, 0) is 50.6 Å². The Morgan fingerprint density at radius 1 is 1.22 bits per heavy atom. The second-order valence-corrected chi connectivity index (χ2v) is 5.51. The minimum Gasteiger partial charge on any atom is -0.495 e. The van der Waals surface area contributed by atoms with Crippen LogP contribution in [-0.2, 0) is 0 Å². The first-order valence-electron chi connectivity index (χ1n) is 7.43. The molecule has 23 heavy (non-hydrogen) atoms. The Bertz CT molecular complexity index is 669.